The van der Waals surface area contributed by atoms with Crippen LogP contribution in [0, 0.1) is 6.92 Å². The van der Waals surface area contributed by atoms with E-state index < -0.39 is 5.60 Å². The van der Waals surface area contributed by atoms with E-state index in [4.69, 9.17) is 9.47 Å². The summed E-state index contributed by atoms with van der Waals surface area (Å²) in [7, 11) is 0. The fourth-order valence-corrected chi connectivity index (χ4v) is 5.03. The van der Waals surface area contributed by atoms with Gasteiger partial charge in [0.25, 0.3) is 5.91 Å². The fraction of sp³-hybridized carbons (Fsp3) is 0.696. The van der Waals surface area contributed by atoms with Gasteiger partial charge in [-0.1, -0.05) is 25.1 Å². The second-order valence-electron chi connectivity index (χ2n) is 8.76. The molecule has 3 fully saturated rings. The zero-order valence-corrected chi connectivity index (χ0v) is 17.9. The molecular weight excluding hydrogens is 366 g/mol. The third-order valence-electron chi connectivity index (χ3n) is 6.81. The quantitative estimate of drug-likeness (QED) is 0.776. The van der Waals surface area contributed by atoms with Crippen LogP contribution in [0.3, 0.4) is 0 Å². The minimum atomic E-state index is -0.422. The number of ether oxygens (including phenoxy) is 2. The van der Waals surface area contributed by atoms with E-state index in [1.807, 2.05) is 36.1 Å². The largest absolute Gasteiger partial charge is 0.376 e. The van der Waals surface area contributed by atoms with Crippen LogP contribution in [0.15, 0.2) is 24.3 Å². The molecule has 3 saturated heterocycles. The predicted octanol–water partition coefficient (Wildman–Crippen LogP) is 2.02. The number of carbonyl (C=O) groups is 1. The molecule has 0 unspecified atom stereocenters. The van der Waals surface area contributed by atoms with Crippen molar-refractivity contribution >= 4 is 5.91 Å². The molecule has 29 heavy (non-hydrogen) atoms. The number of hydrogen-bond acceptors (Lipinski definition) is 5. The molecule has 1 spiro atoms. The van der Waals surface area contributed by atoms with Crippen LogP contribution < -0.4 is 0 Å². The summed E-state index contributed by atoms with van der Waals surface area (Å²) < 4.78 is 12.3. The first-order chi connectivity index (χ1) is 14.1. The summed E-state index contributed by atoms with van der Waals surface area (Å²) >= 11 is 0. The predicted molar refractivity (Wildman–Crippen MR) is 113 cm³/mol. The number of aryl methyl sites for hydroxylation is 1. The lowest BCUT2D eigenvalue weighted by molar-refractivity contribution is -0.149. The van der Waals surface area contributed by atoms with Crippen LogP contribution in [0.1, 0.15) is 35.7 Å². The molecular formula is C23H35N3O3. The molecule has 3 heterocycles. The molecule has 6 nitrogen and oxygen atoms in total. The zero-order chi connectivity index (χ0) is 20.3. The van der Waals surface area contributed by atoms with Gasteiger partial charge in [-0.05, 0) is 51.0 Å². The second-order valence-corrected chi connectivity index (χ2v) is 8.76. The number of rotatable bonds is 3. The normalized spacial score (nSPS) is 27.9. The molecule has 1 aromatic rings. The molecule has 0 bridgehead atoms. The van der Waals surface area contributed by atoms with Gasteiger partial charge in [0, 0.05) is 31.2 Å². The summed E-state index contributed by atoms with van der Waals surface area (Å²) in [5.74, 6) is 0.0879. The van der Waals surface area contributed by atoms with Crippen LogP contribution in [0.4, 0.5) is 0 Å². The van der Waals surface area contributed by atoms with E-state index in [1.54, 1.807) is 0 Å². The maximum Gasteiger partial charge on any atom is 0.254 e. The molecule has 1 aromatic carbocycles. The monoisotopic (exact) mass is 401 g/mol. The van der Waals surface area contributed by atoms with E-state index >= 15 is 0 Å². The van der Waals surface area contributed by atoms with Crippen molar-refractivity contribution in [1.29, 1.82) is 0 Å². The van der Waals surface area contributed by atoms with Crippen LogP contribution in [0.25, 0.3) is 0 Å². The average molecular weight is 402 g/mol. The van der Waals surface area contributed by atoms with Crippen LogP contribution in [0.2, 0.25) is 0 Å². The van der Waals surface area contributed by atoms with Crippen LogP contribution in [-0.2, 0) is 9.47 Å². The topological polar surface area (TPSA) is 45.2 Å². The molecule has 0 N–H and O–H groups in total. The first kappa shape index (κ1) is 20.8. The van der Waals surface area contributed by atoms with Gasteiger partial charge in [0.1, 0.15) is 5.60 Å². The lowest BCUT2D eigenvalue weighted by Crippen LogP contribution is -2.62. The van der Waals surface area contributed by atoms with Gasteiger partial charge in [0.15, 0.2) is 0 Å². The van der Waals surface area contributed by atoms with Gasteiger partial charge in [-0.2, -0.15) is 0 Å². The minimum absolute atomic E-state index is 0.0879. The van der Waals surface area contributed by atoms with Gasteiger partial charge in [-0.15, -0.1) is 0 Å². The van der Waals surface area contributed by atoms with Crippen molar-refractivity contribution in [3.8, 4) is 0 Å². The maximum atomic E-state index is 13.2. The molecule has 0 radical (unpaired) electrons. The van der Waals surface area contributed by atoms with Gasteiger partial charge < -0.3 is 19.3 Å². The highest BCUT2D eigenvalue weighted by atomic mass is 16.5. The smallest absolute Gasteiger partial charge is 0.254 e. The van der Waals surface area contributed by atoms with E-state index in [0.29, 0.717) is 39.0 Å². The SMILES string of the molecule is CCN1CCC(N2CCO[C@@]3(COCCN(C(=O)c4ccccc4C)C3)C2)CC1. The molecule has 1 amide bonds. The van der Waals surface area contributed by atoms with Crippen LogP contribution in [0.5, 0.6) is 0 Å². The van der Waals surface area contributed by atoms with Gasteiger partial charge in [-0.3, -0.25) is 9.69 Å². The minimum Gasteiger partial charge on any atom is -0.376 e. The summed E-state index contributed by atoms with van der Waals surface area (Å²) in [6.45, 7) is 12.6. The Morgan fingerprint density at radius 3 is 2.66 bits per heavy atom. The Balaban J connectivity index is 1.46. The summed E-state index contributed by atoms with van der Waals surface area (Å²) in [6.07, 6.45) is 2.44. The summed E-state index contributed by atoms with van der Waals surface area (Å²) in [5, 5.41) is 0. The third-order valence-corrected chi connectivity index (χ3v) is 6.81. The summed E-state index contributed by atoms with van der Waals surface area (Å²) in [4.78, 5) is 20.3. The molecule has 3 aliphatic heterocycles. The van der Waals surface area contributed by atoms with Crippen molar-refractivity contribution in [1.82, 2.24) is 14.7 Å². The number of hydrogen-bond donors (Lipinski definition) is 0. The first-order valence-corrected chi connectivity index (χ1v) is 11.1. The number of benzene rings is 1. The molecule has 3 aliphatic rings. The second kappa shape index (κ2) is 9.13. The van der Waals surface area contributed by atoms with E-state index in [2.05, 4.69) is 16.7 Å². The average Bonchev–Trinajstić information content (AvgIpc) is 2.96. The highest BCUT2D eigenvalue weighted by Gasteiger charge is 2.43. The van der Waals surface area contributed by atoms with Gasteiger partial charge in [0.05, 0.1) is 26.4 Å². The molecule has 1 atom stereocenters. The molecule has 6 heteroatoms. The number of carbonyl (C=O) groups excluding carboxylic acids is 1. The van der Waals surface area contributed by atoms with E-state index in [1.165, 1.54) is 25.9 Å². The molecule has 0 aliphatic carbocycles. The molecule has 4 rings (SSSR count). The summed E-state index contributed by atoms with van der Waals surface area (Å²) in [6, 6.07) is 8.45. The van der Waals surface area contributed by atoms with Crippen molar-refractivity contribution in [3.05, 3.63) is 35.4 Å². The Bertz CT molecular complexity index is 704. The third kappa shape index (κ3) is 4.66. The molecule has 0 aromatic heterocycles. The van der Waals surface area contributed by atoms with Crippen molar-refractivity contribution in [2.45, 2.75) is 38.3 Å². The lowest BCUT2D eigenvalue weighted by atomic mass is 9.96. The number of nitrogens with zero attached hydrogens (tertiary/aromatic N) is 3. The maximum absolute atomic E-state index is 13.2. The van der Waals surface area contributed by atoms with Gasteiger partial charge in [0.2, 0.25) is 0 Å². The Kier molecular flexibility index (Phi) is 6.54. The number of likely N-dealkylation sites (tertiary alicyclic amines) is 1. The highest BCUT2D eigenvalue weighted by molar-refractivity contribution is 5.95. The van der Waals surface area contributed by atoms with Crippen molar-refractivity contribution in [3.63, 3.8) is 0 Å². The molecule has 160 valence electrons. The standard InChI is InChI=1S/C23H35N3O3/c1-3-24-10-8-20(9-11-24)25-13-15-29-23(16-25)17-26(12-14-28-18-23)22(27)21-7-5-4-6-19(21)2/h4-7,20H,3,8-18H2,1-2H3/t23-/m0/s1. The number of morpholine rings is 1. The summed E-state index contributed by atoms with van der Waals surface area (Å²) in [5.41, 5.74) is 1.38. The van der Waals surface area contributed by atoms with E-state index in [9.17, 15) is 4.79 Å². The number of amides is 1. The van der Waals surface area contributed by atoms with Gasteiger partial charge >= 0.3 is 0 Å². The van der Waals surface area contributed by atoms with E-state index in [-0.39, 0.29) is 5.91 Å². The zero-order valence-electron chi connectivity index (χ0n) is 17.9. The van der Waals surface area contributed by atoms with Crippen LogP contribution in [-0.4, -0.2) is 97.9 Å². The van der Waals surface area contributed by atoms with Crippen LogP contribution >= 0.6 is 0 Å². The van der Waals surface area contributed by atoms with E-state index in [0.717, 1.165) is 30.8 Å². The van der Waals surface area contributed by atoms with Gasteiger partial charge in [-0.25, -0.2) is 0 Å². The number of piperidine rings is 1. The Morgan fingerprint density at radius 1 is 1.10 bits per heavy atom. The van der Waals surface area contributed by atoms with Crippen molar-refractivity contribution < 1.29 is 14.3 Å². The Morgan fingerprint density at radius 2 is 1.90 bits per heavy atom. The highest BCUT2D eigenvalue weighted by Crippen LogP contribution is 2.27. The Hall–Kier alpha value is -1.47. The van der Waals surface area contributed by atoms with Crippen molar-refractivity contribution in [2.75, 3.05) is 65.6 Å². The Labute approximate surface area is 174 Å². The van der Waals surface area contributed by atoms with Crippen molar-refractivity contribution in [2.24, 2.45) is 0 Å². The lowest BCUT2D eigenvalue weighted by Gasteiger charge is -2.47. The fourth-order valence-electron chi connectivity index (χ4n) is 5.03. The molecule has 0 saturated carbocycles. The first-order valence-electron chi connectivity index (χ1n) is 11.1.